The lowest BCUT2D eigenvalue weighted by Gasteiger charge is -2.28. The second-order valence-corrected chi connectivity index (χ2v) is 14.4. The van der Waals surface area contributed by atoms with Crippen molar-refractivity contribution in [3.8, 4) is 44.8 Å². The van der Waals surface area contributed by atoms with E-state index in [4.69, 9.17) is 9.40 Å². The fourth-order valence-electron chi connectivity index (χ4n) is 8.14. The van der Waals surface area contributed by atoms with Gasteiger partial charge in [-0.2, -0.15) is 0 Å². The Kier molecular flexibility index (Phi) is 7.16. The van der Waals surface area contributed by atoms with Crippen molar-refractivity contribution < 1.29 is 4.42 Å². The number of hydrogen-bond acceptors (Lipinski definition) is 3. The van der Waals surface area contributed by atoms with Gasteiger partial charge in [0.2, 0.25) is 5.89 Å². The van der Waals surface area contributed by atoms with Crippen molar-refractivity contribution in [2.75, 3.05) is 4.90 Å². The molecule has 0 saturated carbocycles. The lowest BCUT2D eigenvalue weighted by molar-refractivity contribution is 0.620. The smallest absolute Gasteiger partial charge is 0.227 e. The fourth-order valence-corrected chi connectivity index (χ4v) is 8.14. The average molecular weight is 681 g/mol. The van der Waals surface area contributed by atoms with E-state index in [1.165, 1.54) is 33.4 Å². The van der Waals surface area contributed by atoms with Crippen LogP contribution in [0.25, 0.3) is 66.7 Å². The summed E-state index contributed by atoms with van der Waals surface area (Å²) in [7, 11) is 0. The number of hydrogen-bond donors (Lipinski definition) is 0. The zero-order chi connectivity index (χ0) is 35.5. The van der Waals surface area contributed by atoms with Gasteiger partial charge in [-0.1, -0.05) is 135 Å². The van der Waals surface area contributed by atoms with Crippen LogP contribution in [0.2, 0.25) is 0 Å². The van der Waals surface area contributed by atoms with E-state index < -0.39 is 0 Å². The van der Waals surface area contributed by atoms with Crippen molar-refractivity contribution >= 4 is 38.9 Å². The van der Waals surface area contributed by atoms with Crippen LogP contribution in [0.3, 0.4) is 0 Å². The Morgan fingerprint density at radius 2 is 1.08 bits per heavy atom. The molecule has 0 fully saturated rings. The van der Waals surface area contributed by atoms with Gasteiger partial charge in [0.15, 0.2) is 5.58 Å². The van der Waals surface area contributed by atoms with Gasteiger partial charge in [0.25, 0.3) is 0 Å². The molecule has 0 atom stereocenters. The predicted molar refractivity (Wildman–Crippen MR) is 220 cm³/mol. The quantitative estimate of drug-likeness (QED) is 0.175. The highest BCUT2D eigenvalue weighted by Gasteiger charge is 2.35. The van der Waals surface area contributed by atoms with Crippen LogP contribution in [-0.4, -0.2) is 4.98 Å². The van der Waals surface area contributed by atoms with Gasteiger partial charge in [-0.15, -0.1) is 0 Å². The van der Waals surface area contributed by atoms with Gasteiger partial charge in [-0.05, 0) is 111 Å². The third kappa shape index (κ3) is 5.24. The molecule has 0 spiro atoms. The Bertz CT molecular complexity index is 2800. The maximum absolute atomic E-state index is 6.15. The van der Waals surface area contributed by atoms with Crippen molar-refractivity contribution in [2.24, 2.45) is 0 Å². The van der Waals surface area contributed by atoms with E-state index in [2.05, 4.69) is 164 Å². The van der Waals surface area contributed by atoms with Gasteiger partial charge in [-0.25, -0.2) is 4.98 Å². The highest BCUT2D eigenvalue weighted by molar-refractivity contribution is 6.05. The van der Waals surface area contributed by atoms with Crippen molar-refractivity contribution in [1.82, 2.24) is 4.98 Å². The highest BCUT2D eigenvalue weighted by atomic mass is 16.3. The van der Waals surface area contributed by atoms with Gasteiger partial charge >= 0.3 is 0 Å². The molecule has 53 heavy (non-hydrogen) atoms. The van der Waals surface area contributed by atoms with E-state index in [9.17, 15) is 0 Å². The Labute approximate surface area is 309 Å². The monoisotopic (exact) mass is 680 g/mol. The standard InChI is InChI=1S/C50H36N2O/c1-50(2)45-19-10-9-18-43(45)44-28-26-41(32-46(44)50)52(40-17-11-16-36(31-40)33-12-5-3-6-13-33)39-24-20-34(21-25-39)37-22-27-42-38(30-37)23-29-47-48(42)51-49(53-47)35-14-7-4-8-15-35/h3-32H,1-2H3. The second kappa shape index (κ2) is 12.2. The Balaban J connectivity index is 1.05. The highest BCUT2D eigenvalue weighted by Crippen LogP contribution is 2.50. The van der Waals surface area contributed by atoms with Crippen LogP contribution in [0, 0.1) is 0 Å². The molecular formula is C50H36N2O. The van der Waals surface area contributed by atoms with Gasteiger partial charge in [0, 0.05) is 33.4 Å². The van der Waals surface area contributed by atoms with Crippen LogP contribution in [0.15, 0.2) is 186 Å². The number of oxazole rings is 1. The first-order chi connectivity index (χ1) is 26.0. The summed E-state index contributed by atoms with van der Waals surface area (Å²) >= 11 is 0. The first-order valence-electron chi connectivity index (χ1n) is 18.2. The van der Waals surface area contributed by atoms with Crippen LogP contribution in [0.4, 0.5) is 17.1 Å². The third-order valence-corrected chi connectivity index (χ3v) is 10.9. The molecule has 3 heteroatoms. The predicted octanol–water partition coefficient (Wildman–Crippen LogP) is 13.8. The number of fused-ring (bicyclic) bond motifs is 6. The SMILES string of the molecule is CC1(C)c2ccccc2-c2ccc(N(c3ccc(-c4ccc5c(ccc6oc(-c7ccccc7)nc65)c4)cc3)c3cccc(-c4ccccc4)c3)cc21. The lowest BCUT2D eigenvalue weighted by Crippen LogP contribution is -2.16. The number of benzene rings is 8. The van der Waals surface area contributed by atoms with Crippen LogP contribution < -0.4 is 4.90 Å². The molecule has 0 unspecified atom stereocenters. The summed E-state index contributed by atoms with van der Waals surface area (Å²) in [5.74, 6) is 0.642. The summed E-state index contributed by atoms with van der Waals surface area (Å²) in [6.07, 6.45) is 0. The Morgan fingerprint density at radius 3 is 1.89 bits per heavy atom. The first kappa shape index (κ1) is 31.1. The largest absolute Gasteiger partial charge is 0.436 e. The summed E-state index contributed by atoms with van der Waals surface area (Å²) in [6.45, 7) is 4.69. The number of nitrogens with zero attached hydrogens (tertiary/aromatic N) is 2. The zero-order valence-electron chi connectivity index (χ0n) is 29.6. The average Bonchev–Trinajstić information content (AvgIpc) is 3.76. The van der Waals surface area contributed by atoms with Crippen molar-refractivity contribution in [3.63, 3.8) is 0 Å². The molecule has 0 N–H and O–H groups in total. The van der Waals surface area contributed by atoms with Crippen LogP contribution in [-0.2, 0) is 5.41 Å². The maximum Gasteiger partial charge on any atom is 0.227 e. The molecule has 0 amide bonds. The molecule has 252 valence electrons. The van der Waals surface area contributed by atoms with Crippen molar-refractivity contribution in [3.05, 3.63) is 193 Å². The van der Waals surface area contributed by atoms with Gasteiger partial charge < -0.3 is 9.32 Å². The number of rotatable bonds is 6. The van der Waals surface area contributed by atoms with Crippen LogP contribution in [0.1, 0.15) is 25.0 Å². The molecule has 8 aromatic carbocycles. The van der Waals surface area contributed by atoms with Gasteiger partial charge in [0.05, 0.1) is 0 Å². The molecule has 1 heterocycles. The molecule has 9 aromatic rings. The third-order valence-electron chi connectivity index (χ3n) is 10.9. The normalized spacial score (nSPS) is 12.9. The Morgan fingerprint density at radius 1 is 0.453 bits per heavy atom. The van der Waals surface area contributed by atoms with E-state index in [-0.39, 0.29) is 5.41 Å². The molecule has 0 aliphatic heterocycles. The summed E-state index contributed by atoms with van der Waals surface area (Å²) in [5.41, 5.74) is 16.0. The zero-order valence-corrected chi connectivity index (χ0v) is 29.6. The number of aromatic nitrogens is 1. The maximum atomic E-state index is 6.15. The number of anilines is 3. The molecule has 0 bridgehead atoms. The van der Waals surface area contributed by atoms with Crippen molar-refractivity contribution in [1.29, 1.82) is 0 Å². The molecule has 1 aromatic heterocycles. The summed E-state index contributed by atoms with van der Waals surface area (Å²) in [6, 6.07) is 65.1. The summed E-state index contributed by atoms with van der Waals surface area (Å²) < 4.78 is 6.15. The van der Waals surface area contributed by atoms with E-state index in [0.717, 1.165) is 55.6 Å². The van der Waals surface area contributed by atoms with Crippen LogP contribution in [0.5, 0.6) is 0 Å². The molecule has 0 radical (unpaired) electrons. The van der Waals surface area contributed by atoms with E-state index >= 15 is 0 Å². The molecule has 1 aliphatic carbocycles. The van der Waals surface area contributed by atoms with Crippen LogP contribution >= 0.6 is 0 Å². The fraction of sp³-hybridized carbons (Fsp3) is 0.0600. The molecule has 0 saturated heterocycles. The summed E-state index contributed by atoms with van der Waals surface area (Å²) in [4.78, 5) is 7.29. The van der Waals surface area contributed by atoms with E-state index in [1.54, 1.807) is 0 Å². The molecule has 10 rings (SSSR count). The van der Waals surface area contributed by atoms with Crippen molar-refractivity contribution in [2.45, 2.75) is 19.3 Å². The minimum Gasteiger partial charge on any atom is -0.436 e. The van der Waals surface area contributed by atoms with E-state index in [0.29, 0.717) is 5.89 Å². The Hall–Kier alpha value is -6.71. The summed E-state index contributed by atoms with van der Waals surface area (Å²) in [5, 5.41) is 2.22. The molecule has 1 aliphatic rings. The van der Waals surface area contributed by atoms with Gasteiger partial charge in [-0.3, -0.25) is 0 Å². The second-order valence-electron chi connectivity index (χ2n) is 14.4. The molecular weight excluding hydrogens is 645 g/mol. The minimum atomic E-state index is -0.0971. The lowest BCUT2D eigenvalue weighted by atomic mass is 9.82. The first-order valence-corrected chi connectivity index (χ1v) is 18.2. The molecule has 3 nitrogen and oxygen atoms in total. The van der Waals surface area contributed by atoms with Gasteiger partial charge in [0.1, 0.15) is 5.52 Å². The minimum absolute atomic E-state index is 0.0971. The topological polar surface area (TPSA) is 29.3 Å². The van der Waals surface area contributed by atoms with E-state index in [1.807, 2.05) is 36.4 Å².